The largest absolute Gasteiger partial charge is 0.329 e. The second kappa shape index (κ2) is 7.60. The van der Waals surface area contributed by atoms with Crippen LogP contribution >= 0.6 is 0 Å². The molecule has 1 unspecified atom stereocenters. The number of hydrogen-bond acceptors (Lipinski definition) is 3. The molecular weight excluding hydrogens is 272 g/mol. The third-order valence-corrected chi connectivity index (χ3v) is 5.14. The Morgan fingerprint density at radius 2 is 2.00 bits per heavy atom. The van der Waals surface area contributed by atoms with Gasteiger partial charge in [0, 0.05) is 43.8 Å². The van der Waals surface area contributed by atoms with E-state index in [4.69, 9.17) is 4.98 Å². The van der Waals surface area contributed by atoms with Crippen LogP contribution in [-0.4, -0.2) is 52.1 Å². The third-order valence-electron chi connectivity index (χ3n) is 5.14. The summed E-state index contributed by atoms with van der Waals surface area (Å²) in [7, 11) is 2.19. The molecule has 1 aromatic rings. The van der Waals surface area contributed by atoms with E-state index < -0.39 is 0 Å². The highest BCUT2D eigenvalue weighted by Gasteiger charge is 2.24. The van der Waals surface area contributed by atoms with E-state index in [1.807, 2.05) is 0 Å². The lowest BCUT2D eigenvalue weighted by molar-refractivity contribution is 0.212. The Kier molecular flexibility index (Phi) is 6.04. The highest BCUT2D eigenvalue weighted by molar-refractivity contribution is 5.21. The smallest absolute Gasteiger partial charge is 0.106 e. The van der Waals surface area contributed by atoms with Crippen molar-refractivity contribution in [3.63, 3.8) is 0 Å². The summed E-state index contributed by atoms with van der Waals surface area (Å²) in [6.45, 7) is 15.8. The second-order valence-electron chi connectivity index (χ2n) is 6.98. The van der Waals surface area contributed by atoms with Gasteiger partial charge in [0.2, 0.25) is 0 Å². The monoisotopic (exact) mass is 306 g/mol. The molecule has 1 aliphatic rings. The Labute approximate surface area is 136 Å². The molecule has 0 N–H and O–H groups in total. The molecule has 4 nitrogen and oxygen atoms in total. The minimum Gasteiger partial charge on any atom is -0.329 e. The molecule has 0 amide bonds. The molecule has 1 aliphatic heterocycles. The van der Waals surface area contributed by atoms with Gasteiger partial charge in [0.1, 0.15) is 5.82 Å². The van der Waals surface area contributed by atoms with Crippen molar-refractivity contribution in [1.82, 2.24) is 19.4 Å². The predicted octanol–water partition coefficient (Wildman–Crippen LogP) is 3.25. The Balaban J connectivity index is 2.14. The average molecular weight is 306 g/mol. The van der Waals surface area contributed by atoms with Crippen LogP contribution in [0.15, 0.2) is 0 Å². The summed E-state index contributed by atoms with van der Waals surface area (Å²) >= 11 is 0. The third kappa shape index (κ3) is 3.72. The Morgan fingerprint density at radius 1 is 1.27 bits per heavy atom. The van der Waals surface area contributed by atoms with Crippen molar-refractivity contribution in [2.75, 3.05) is 26.7 Å². The van der Waals surface area contributed by atoms with E-state index in [-0.39, 0.29) is 0 Å². The molecule has 0 aliphatic carbocycles. The lowest BCUT2D eigenvalue weighted by Gasteiger charge is -2.30. The van der Waals surface area contributed by atoms with Crippen molar-refractivity contribution in [2.45, 2.75) is 72.5 Å². The van der Waals surface area contributed by atoms with E-state index in [1.54, 1.807) is 0 Å². The fraction of sp³-hybridized carbons (Fsp3) is 0.833. The molecule has 0 aromatic carbocycles. The van der Waals surface area contributed by atoms with Crippen LogP contribution < -0.4 is 0 Å². The molecule has 2 heterocycles. The van der Waals surface area contributed by atoms with Crippen LogP contribution in [0.25, 0.3) is 0 Å². The zero-order valence-electron chi connectivity index (χ0n) is 15.4. The van der Waals surface area contributed by atoms with E-state index in [0.717, 1.165) is 26.1 Å². The van der Waals surface area contributed by atoms with E-state index in [9.17, 15) is 0 Å². The number of aryl methyl sites for hydroxylation is 1. The van der Waals surface area contributed by atoms with Gasteiger partial charge < -0.3 is 14.4 Å². The van der Waals surface area contributed by atoms with Gasteiger partial charge in [0.15, 0.2) is 0 Å². The lowest BCUT2D eigenvalue weighted by atomic mass is 10.1. The van der Waals surface area contributed by atoms with Crippen LogP contribution in [0.5, 0.6) is 0 Å². The van der Waals surface area contributed by atoms with Crippen molar-refractivity contribution >= 4 is 0 Å². The van der Waals surface area contributed by atoms with Gasteiger partial charge in [-0.1, -0.05) is 13.8 Å². The number of hydrogen-bond donors (Lipinski definition) is 0. The van der Waals surface area contributed by atoms with Crippen molar-refractivity contribution in [3.05, 3.63) is 17.2 Å². The van der Waals surface area contributed by atoms with Gasteiger partial charge in [-0.05, 0) is 47.2 Å². The molecule has 0 saturated heterocycles. The first-order chi connectivity index (χ1) is 10.5. The van der Waals surface area contributed by atoms with Crippen LogP contribution in [0.1, 0.15) is 63.8 Å². The maximum Gasteiger partial charge on any atom is 0.106 e. The minimum atomic E-state index is 0.590. The van der Waals surface area contributed by atoms with Crippen LogP contribution in [0, 0.1) is 6.92 Å². The first-order valence-electron chi connectivity index (χ1n) is 8.97. The summed E-state index contributed by atoms with van der Waals surface area (Å²) in [5.74, 6) is 1.21. The molecule has 4 heteroatoms. The number of rotatable bonds is 7. The number of fused-ring (bicyclic) bond motifs is 1. The molecule has 0 fully saturated rings. The highest BCUT2D eigenvalue weighted by atomic mass is 15.2. The SMILES string of the molecule is CCC(CCN(CC)C(C)C)n1c(C)nc2c1CCN(C)C2. The summed E-state index contributed by atoms with van der Waals surface area (Å²) in [5.41, 5.74) is 2.80. The van der Waals surface area contributed by atoms with E-state index >= 15 is 0 Å². The Bertz CT molecular complexity index is 478. The van der Waals surface area contributed by atoms with Crippen molar-refractivity contribution in [3.8, 4) is 0 Å². The standard InChI is InChI=1S/C18H34N4/c1-7-16(9-12-21(8-2)14(3)4)22-15(5)19-17-13-20(6)11-10-18(17)22/h14,16H,7-13H2,1-6H3. The molecular formula is C18H34N4. The van der Waals surface area contributed by atoms with E-state index in [2.05, 4.69) is 56.0 Å². The van der Waals surface area contributed by atoms with Gasteiger partial charge in [-0.15, -0.1) is 0 Å². The molecule has 0 bridgehead atoms. The average Bonchev–Trinajstić information content (AvgIpc) is 2.78. The minimum absolute atomic E-state index is 0.590. The van der Waals surface area contributed by atoms with Crippen LogP contribution in [-0.2, 0) is 13.0 Å². The molecule has 0 radical (unpaired) electrons. The summed E-state index contributed by atoms with van der Waals surface area (Å²) < 4.78 is 2.55. The number of likely N-dealkylation sites (N-methyl/N-ethyl adjacent to an activating group) is 1. The zero-order valence-corrected chi connectivity index (χ0v) is 15.4. The first kappa shape index (κ1) is 17.5. The van der Waals surface area contributed by atoms with Gasteiger partial charge >= 0.3 is 0 Å². The van der Waals surface area contributed by atoms with Gasteiger partial charge in [-0.2, -0.15) is 0 Å². The lowest BCUT2D eigenvalue weighted by Crippen LogP contribution is -2.33. The number of nitrogens with zero attached hydrogens (tertiary/aromatic N) is 4. The van der Waals surface area contributed by atoms with Crippen LogP contribution in [0.2, 0.25) is 0 Å². The molecule has 22 heavy (non-hydrogen) atoms. The summed E-state index contributed by atoms with van der Waals surface area (Å²) in [4.78, 5) is 9.80. The van der Waals surface area contributed by atoms with Crippen LogP contribution in [0.4, 0.5) is 0 Å². The molecule has 0 spiro atoms. The fourth-order valence-corrected chi connectivity index (χ4v) is 3.77. The molecule has 0 saturated carbocycles. The maximum absolute atomic E-state index is 4.86. The van der Waals surface area contributed by atoms with E-state index in [1.165, 1.54) is 36.6 Å². The van der Waals surface area contributed by atoms with Crippen molar-refractivity contribution in [2.24, 2.45) is 0 Å². The normalized spacial score (nSPS) is 17.3. The molecule has 1 atom stereocenters. The van der Waals surface area contributed by atoms with E-state index in [0.29, 0.717) is 12.1 Å². The molecule has 1 aromatic heterocycles. The number of imidazole rings is 1. The molecule has 2 rings (SSSR count). The van der Waals surface area contributed by atoms with Crippen molar-refractivity contribution < 1.29 is 0 Å². The van der Waals surface area contributed by atoms with Gasteiger partial charge in [-0.25, -0.2) is 4.98 Å². The Hall–Kier alpha value is -0.870. The first-order valence-corrected chi connectivity index (χ1v) is 8.97. The predicted molar refractivity (Wildman–Crippen MR) is 93.3 cm³/mol. The van der Waals surface area contributed by atoms with Gasteiger partial charge in [-0.3, -0.25) is 0 Å². The summed E-state index contributed by atoms with van der Waals surface area (Å²) in [6, 6.07) is 1.22. The maximum atomic E-state index is 4.86. The quantitative estimate of drug-likeness (QED) is 0.773. The second-order valence-corrected chi connectivity index (χ2v) is 6.98. The number of aromatic nitrogens is 2. The zero-order chi connectivity index (χ0) is 16.3. The highest BCUT2D eigenvalue weighted by Crippen LogP contribution is 2.27. The van der Waals surface area contributed by atoms with Gasteiger partial charge in [0.05, 0.1) is 5.69 Å². The summed E-state index contributed by atoms with van der Waals surface area (Å²) in [6.07, 6.45) is 3.56. The topological polar surface area (TPSA) is 24.3 Å². The molecule has 126 valence electrons. The summed E-state index contributed by atoms with van der Waals surface area (Å²) in [5, 5.41) is 0. The van der Waals surface area contributed by atoms with Crippen LogP contribution in [0.3, 0.4) is 0 Å². The Morgan fingerprint density at radius 3 is 2.59 bits per heavy atom. The van der Waals surface area contributed by atoms with Crippen molar-refractivity contribution in [1.29, 1.82) is 0 Å². The van der Waals surface area contributed by atoms with Gasteiger partial charge in [0.25, 0.3) is 0 Å². The fourth-order valence-electron chi connectivity index (χ4n) is 3.77.